The highest BCUT2D eigenvalue weighted by atomic mass is 15.1. The zero-order chi connectivity index (χ0) is 16.8. The van der Waals surface area contributed by atoms with Crippen molar-refractivity contribution in [1.29, 1.82) is 0 Å². The third-order valence-electron chi connectivity index (χ3n) is 9.29. The number of hydrogen-bond acceptors (Lipinski definition) is 2. The number of fused-ring (bicyclic) bond motifs is 4. The van der Waals surface area contributed by atoms with Gasteiger partial charge >= 0.3 is 0 Å². The summed E-state index contributed by atoms with van der Waals surface area (Å²) in [7, 11) is 2.33. The van der Waals surface area contributed by atoms with E-state index in [-0.39, 0.29) is 0 Å². The Hall–Kier alpha value is -0.0800. The molecule has 2 heterocycles. The van der Waals surface area contributed by atoms with E-state index in [1.54, 1.807) is 25.7 Å². The van der Waals surface area contributed by atoms with Gasteiger partial charge in [0.2, 0.25) is 0 Å². The summed E-state index contributed by atoms with van der Waals surface area (Å²) in [4.78, 5) is 2.57. The number of rotatable bonds is 1. The first-order chi connectivity index (χ1) is 12.3. The molecule has 1 N–H and O–H groups in total. The minimum Gasteiger partial charge on any atom is -0.310 e. The molecule has 6 unspecified atom stereocenters. The lowest BCUT2D eigenvalue weighted by molar-refractivity contribution is 0.0576. The molecule has 2 nitrogen and oxygen atoms in total. The maximum atomic E-state index is 4.31. The highest BCUT2D eigenvalue weighted by Crippen LogP contribution is 2.53. The van der Waals surface area contributed by atoms with Crippen molar-refractivity contribution in [2.45, 2.75) is 89.1 Å². The zero-order valence-corrected chi connectivity index (χ0v) is 16.5. The van der Waals surface area contributed by atoms with Gasteiger partial charge in [0.15, 0.2) is 0 Å². The Morgan fingerprint density at radius 1 is 0.640 bits per heavy atom. The lowest BCUT2D eigenvalue weighted by Gasteiger charge is -2.45. The molecule has 142 valence electrons. The molecule has 7 atom stereocenters. The van der Waals surface area contributed by atoms with Crippen LogP contribution in [-0.4, -0.2) is 37.1 Å². The number of piperidine rings is 1. The van der Waals surface area contributed by atoms with Crippen LogP contribution >= 0.6 is 0 Å². The molecule has 2 aliphatic heterocycles. The number of hydrogen-bond donors (Lipinski definition) is 1. The van der Waals surface area contributed by atoms with E-state index in [4.69, 9.17) is 0 Å². The third kappa shape index (κ3) is 3.10. The maximum Gasteiger partial charge on any atom is 0.0135 e. The minimum atomic E-state index is 0.884. The molecular weight excluding hydrogens is 304 g/mol. The van der Waals surface area contributed by atoms with Crippen molar-refractivity contribution < 1.29 is 0 Å². The van der Waals surface area contributed by atoms with Crippen LogP contribution in [0.2, 0.25) is 0 Å². The molecule has 5 fully saturated rings. The van der Waals surface area contributed by atoms with Crippen molar-refractivity contribution in [2.24, 2.45) is 35.5 Å². The molecule has 0 bridgehead atoms. The van der Waals surface area contributed by atoms with Crippen LogP contribution in [0.4, 0.5) is 0 Å². The Morgan fingerprint density at radius 3 is 2.20 bits per heavy atom. The topological polar surface area (TPSA) is 15.3 Å². The van der Waals surface area contributed by atoms with E-state index in [1.807, 2.05) is 0 Å². The fourth-order valence-electron chi connectivity index (χ4n) is 8.14. The van der Waals surface area contributed by atoms with Gasteiger partial charge in [-0.3, -0.25) is 0 Å². The Labute approximate surface area is 155 Å². The predicted octanol–water partition coefficient (Wildman–Crippen LogP) is 4.69. The fourth-order valence-corrected chi connectivity index (χ4v) is 8.14. The lowest BCUT2D eigenvalue weighted by atomic mass is 9.64. The second-order valence-electron chi connectivity index (χ2n) is 10.4. The monoisotopic (exact) mass is 344 g/mol. The Balaban J connectivity index is 1.44. The number of nitrogens with zero attached hydrogens (tertiary/aromatic N) is 1. The van der Waals surface area contributed by atoms with Gasteiger partial charge in [-0.05, 0) is 101 Å². The van der Waals surface area contributed by atoms with Gasteiger partial charge in [-0.15, -0.1) is 0 Å². The smallest absolute Gasteiger partial charge is 0.0135 e. The van der Waals surface area contributed by atoms with Crippen LogP contribution < -0.4 is 5.32 Å². The summed E-state index contributed by atoms with van der Waals surface area (Å²) < 4.78 is 0. The van der Waals surface area contributed by atoms with Gasteiger partial charge in [0.1, 0.15) is 0 Å². The molecule has 3 saturated carbocycles. The Morgan fingerprint density at radius 2 is 1.36 bits per heavy atom. The number of nitrogens with one attached hydrogen (secondary N) is 1. The quantitative estimate of drug-likeness (QED) is 0.742. The predicted molar refractivity (Wildman–Crippen MR) is 105 cm³/mol. The molecule has 0 aromatic rings. The molecule has 5 aliphatic rings. The molecular formula is C23H40N2. The van der Waals surface area contributed by atoms with Gasteiger partial charge in [0.25, 0.3) is 0 Å². The SMILES string of the molecule is CN1CCC(C2C3NC4CCCCC4C3CCC3CCCC[C@@H]32)CC1. The van der Waals surface area contributed by atoms with E-state index < -0.39 is 0 Å². The molecule has 5 rings (SSSR count). The number of likely N-dealkylation sites (tertiary alicyclic amines) is 1. The fraction of sp³-hybridized carbons (Fsp3) is 1.00. The minimum absolute atomic E-state index is 0.884. The van der Waals surface area contributed by atoms with Crippen LogP contribution in [0.3, 0.4) is 0 Å². The van der Waals surface area contributed by atoms with Crippen molar-refractivity contribution in [1.82, 2.24) is 10.2 Å². The summed E-state index contributed by atoms with van der Waals surface area (Å²) in [5, 5.41) is 4.31. The maximum absolute atomic E-state index is 4.31. The van der Waals surface area contributed by atoms with E-state index in [1.165, 1.54) is 64.5 Å². The van der Waals surface area contributed by atoms with Crippen LogP contribution in [0.25, 0.3) is 0 Å². The van der Waals surface area contributed by atoms with Crippen molar-refractivity contribution in [3.05, 3.63) is 0 Å². The molecule has 0 aromatic carbocycles. The van der Waals surface area contributed by atoms with Gasteiger partial charge in [-0.1, -0.05) is 32.1 Å². The van der Waals surface area contributed by atoms with Crippen LogP contribution in [0.5, 0.6) is 0 Å². The standard InChI is InChI=1S/C23H40N2/c1-25-14-12-17(13-15-25)22-18-7-3-2-6-16(18)10-11-20-19-8-4-5-9-21(19)24-23(20)22/h16-24H,2-15H2,1H3/t16?,18-,19?,20?,21?,22?,23?/m0/s1. The van der Waals surface area contributed by atoms with Gasteiger partial charge < -0.3 is 10.2 Å². The first kappa shape index (κ1) is 17.0. The molecule has 2 saturated heterocycles. The van der Waals surface area contributed by atoms with E-state index in [0.29, 0.717) is 0 Å². The van der Waals surface area contributed by atoms with Crippen LogP contribution in [-0.2, 0) is 0 Å². The lowest BCUT2D eigenvalue weighted by Crippen LogP contribution is -2.48. The van der Waals surface area contributed by atoms with Crippen molar-refractivity contribution >= 4 is 0 Å². The van der Waals surface area contributed by atoms with Gasteiger partial charge in [0.05, 0.1) is 0 Å². The molecule has 0 spiro atoms. The van der Waals surface area contributed by atoms with Crippen molar-refractivity contribution in [3.63, 3.8) is 0 Å². The average Bonchev–Trinajstić information content (AvgIpc) is 2.92. The van der Waals surface area contributed by atoms with Gasteiger partial charge in [0, 0.05) is 12.1 Å². The van der Waals surface area contributed by atoms with E-state index >= 15 is 0 Å². The zero-order valence-electron chi connectivity index (χ0n) is 16.5. The normalized spacial score (nSPS) is 49.1. The molecule has 25 heavy (non-hydrogen) atoms. The molecule has 0 aromatic heterocycles. The molecule has 3 aliphatic carbocycles. The second-order valence-corrected chi connectivity index (χ2v) is 10.4. The third-order valence-corrected chi connectivity index (χ3v) is 9.29. The van der Waals surface area contributed by atoms with Gasteiger partial charge in [-0.25, -0.2) is 0 Å². The van der Waals surface area contributed by atoms with Gasteiger partial charge in [-0.2, -0.15) is 0 Å². The van der Waals surface area contributed by atoms with Crippen LogP contribution in [0.1, 0.15) is 77.0 Å². The van der Waals surface area contributed by atoms with Crippen molar-refractivity contribution in [3.8, 4) is 0 Å². The summed E-state index contributed by atoms with van der Waals surface area (Å²) in [6, 6.07) is 1.77. The summed E-state index contributed by atoms with van der Waals surface area (Å²) in [6.45, 7) is 2.70. The second kappa shape index (κ2) is 7.15. The molecule has 0 radical (unpaired) electrons. The first-order valence-electron chi connectivity index (χ1n) is 11.8. The van der Waals surface area contributed by atoms with Crippen LogP contribution in [0, 0.1) is 35.5 Å². The van der Waals surface area contributed by atoms with E-state index in [2.05, 4.69) is 17.3 Å². The highest BCUT2D eigenvalue weighted by molar-refractivity contribution is 5.06. The first-order valence-corrected chi connectivity index (χ1v) is 11.8. The van der Waals surface area contributed by atoms with Crippen LogP contribution in [0.15, 0.2) is 0 Å². The Bertz CT molecular complexity index is 455. The largest absolute Gasteiger partial charge is 0.310 e. The molecule has 0 amide bonds. The summed E-state index contributed by atoms with van der Waals surface area (Å²) in [5.41, 5.74) is 0. The Kier molecular flexibility index (Phi) is 4.88. The average molecular weight is 345 g/mol. The van der Waals surface area contributed by atoms with E-state index in [0.717, 1.165) is 47.6 Å². The molecule has 2 heteroatoms. The van der Waals surface area contributed by atoms with E-state index in [9.17, 15) is 0 Å². The summed E-state index contributed by atoms with van der Waals surface area (Å²) >= 11 is 0. The summed E-state index contributed by atoms with van der Waals surface area (Å²) in [6.07, 6.45) is 18.3. The summed E-state index contributed by atoms with van der Waals surface area (Å²) in [5.74, 6) is 6.23. The van der Waals surface area contributed by atoms with Crippen molar-refractivity contribution in [2.75, 3.05) is 20.1 Å². The highest BCUT2D eigenvalue weighted by Gasteiger charge is 2.52.